The Bertz CT molecular complexity index is 352. The molecule has 14 heavy (non-hydrogen) atoms. The Morgan fingerprint density at radius 1 is 1.50 bits per heavy atom. The van der Waals surface area contributed by atoms with Crippen molar-refractivity contribution in [1.29, 1.82) is 10.5 Å². The van der Waals surface area contributed by atoms with Gasteiger partial charge in [0, 0.05) is 19.2 Å². The van der Waals surface area contributed by atoms with Gasteiger partial charge in [0.2, 0.25) is 0 Å². The van der Waals surface area contributed by atoms with Crippen molar-refractivity contribution in [3.8, 4) is 12.1 Å². The lowest BCUT2D eigenvalue weighted by atomic mass is 10.1. The minimum absolute atomic E-state index is 0.469. The third kappa shape index (κ3) is 2.60. The lowest BCUT2D eigenvalue weighted by molar-refractivity contribution is 0.602. The zero-order chi connectivity index (χ0) is 10.4. The predicted octanol–water partition coefficient (Wildman–Crippen LogP) is 1.50. The number of aromatic nitrogens is 2. The van der Waals surface area contributed by atoms with E-state index in [9.17, 15) is 0 Å². The van der Waals surface area contributed by atoms with Crippen molar-refractivity contribution in [3.05, 3.63) is 18.0 Å². The summed E-state index contributed by atoms with van der Waals surface area (Å²) in [5, 5.41) is 21.3. The number of nitrogens with zero attached hydrogens (tertiary/aromatic N) is 4. The van der Waals surface area contributed by atoms with Gasteiger partial charge in [-0.2, -0.15) is 15.6 Å². The van der Waals surface area contributed by atoms with Crippen LogP contribution in [0.25, 0.3) is 0 Å². The second-order valence-corrected chi connectivity index (χ2v) is 3.13. The molecule has 0 spiro atoms. The normalized spacial score (nSPS) is 9.71. The molecule has 0 aliphatic rings. The zero-order valence-electron chi connectivity index (χ0n) is 8.14. The lowest BCUT2D eigenvalue weighted by Gasteiger charge is -1.96. The van der Waals surface area contributed by atoms with Gasteiger partial charge in [-0.15, -0.1) is 0 Å². The maximum absolute atomic E-state index is 8.60. The van der Waals surface area contributed by atoms with Gasteiger partial charge in [0.05, 0.1) is 18.3 Å². The molecule has 0 bridgehead atoms. The highest BCUT2D eigenvalue weighted by atomic mass is 15.3. The average molecular weight is 188 g/mol. The van der Waals surface area contributed by atoms with Crippen LogP contribution in [0.1, 0.15) is 18.9 Å². The number of aryl methyl sites for hydroxylation is 1. The van der Waals surface area contributed by atoms with E-state index < -0.39 is 5.92 Å². The molecule has 0 radical (unpaired) electrons. The van der Waals surface area contributed by atoms with Crippen molar-refractivity contribution in [2.45, 2.75) is 26.3 Å². The van der Waals surface area contributed by atoms with E-state index in [0.29, 0.717) is 6.42 Å². The van der Waals surface area contributed by atoms with Crippen molar-refractivity contribution in [3.63, 3.8) is 0 Å². The van der Waals surface area contributed by atoms with E-state index in [4.69, 9.17) is 10.5 Å². The topological polar surface area (TPSA) is 65.4 Å². The summed E-state index contributed by atoms with van der Waals surface area (Å²) in [6.07, 6.45) is 5.11. The summed E-state index contributed by atoms with van der Waals surface area (Å²) in [6, 6.07) is 3.89. The van der Waals surface area contributed by atoms with Crippen LogP contribution in [0.15, 0.2) is 12.4 Å². The molecule has 4 heteroatoms. The van der Waals surface area contributed by atoms with Gasteiger partial charge in [-0.1, -0.05) is 6.92 Å². The van der Waals surface area contributed by atoms with E-state index >= 15 is 0 Å². The highest BCUT2D eigenvalue weighted by Crippen LogP contribution is 2.06. The van der Waals surface area contributed by atoms with Gasteiger partial charge in [0.1, 0.15) is 5.92 Å². The van der Waals surface area contributed by atoms with Crippen LogP contribution in [0, 0.1) is 28.6 Å². The first-order valence-corrected chi connectivity index (χ1v) is 4.60. The van der Waals surface area contributed by atoms with Gasteiger partial charge >= 0.3 is 0 Å². The summed E-state index contributed by atoms with van der Waals surface area (Å²) < 4.78 is 1.83. The van der Waals surface area contributed by atoms with Crippen molar-refractivity contribution >= 4 is 0 Å². The van der Waals surface area contributed by atoms with Crippen LogP contribution >= 0.6 is 0 Å². The third-order valence-electron chi connectivity index (χ3n) is 1.89. The standard InChI is InChI=1S/C10H12N4/c1-2-3-14-8-10(7-13-14)4-9(5-11)6-12/h7-9H,2-4H2,1H3. The highest BCUT2D eigenvalue weighted by molar-refractivity contribution is 5.12. The molecule has 1 aromatic rings. The molecule has 0 aliphatic carbocycles. The molecule has 72 valence electrons. The molecule has 0 unspecified atom stereocenters. The number of rotatable bonds is 4. The van der Waals surface area contributed by atoms with E-state index in [0.717, 1.165) is 18.5 Å². The molecule has 0 saturated carbocycles. The van der Waals surface area contributed by atoms with E-state index in [1.54, 1.807) is 6.20 Å². The average Bonchev–Trinajstić information content (AvgIpc) is 2.63. The summed E-state index contributed by atoms with van der Waals surface area (Å²) >= 11 is 0. The predicted molar refractivity (Wildman–Crippen MR) is 50.9 cm³/mol. The minimum atomic E-state index is -0.561. The van der Waals surface area contributed by atoms with E-state index in [1.807, 2.05) is 23.0 Å². The zero-order valence-corrected chi connectivity index (χ0v) is 8.14. The maximum atomic E-state index is 8.60. The number of nitriles is 2. The fraction of sp³-hybridized carbons (Fsp3) is 0.500. The first-order valence-electron chi connectivity index (χ1n) is 4.60. The van der Waals surface area contributed by atoms with E-state index in [1.165, 1.54) is 0 Å². The SMILES string of the molecule is CCCn1cc(CC(C#N)C#N)cn1. The van der Waals surface area contributed by atoms with Crippen molar-refractivity contribution in [2.75, 3.05) is 0 Å². The molecular formula is C10H12N4. The minimum Gasteiger partial charge on any atom is -0.272 e. The van der Waals surface area contributed by atoms with Gasteiger partial charge in [0.15, 0.2) is 0 Å². The monoisotopic (exact) mass is 188 g/mol. The van der Waals surface area contributed by atoms with E-state index in [2.05, 4.69) is 12.0 Å². The Labute approximate surface area is 83.4 Å². The summed E-state index contributed by atoms with van der Waals surface area (Å²) in [5.41, 5.74) is 0.951. The Balaban J connectivity index is 2.61. The van der Waals surface area contributed by atoms with E-state index in [-0.39, 0.29) is 0 Å². The molecule has 4 nitrogen and oxygen atoms in total. The first kappa shape index (κ1) is 10.3. The molecule has 0 amide bonds. The second-order valence-electron chi connectivity index (χ2n) is 3.13. The van der Waals surface area contributed by atoms with Crippen molar-refractivity contribution < 1.29 is 0 Å². The van der Waals surface area contributed by atoms with Gasteiger partial charge < -0.3 is 0 Å². The van der Waals surface area contributed by atoms with Gasteiger partial charge in [0.25, 0.3) is 0 Å². The third-order valence-corrected chi connectivity index (χ3v) is 1.89. The van der Waals surface area contributed by atoms with Crippen LogP contribution in [-0.4, -0.2) is 9.78 Å². The van der Waals surface area contributed by atoms with Gasteiger partial charge in [-0.3, -0.25) is 4.68 Å². The molecule has 1 rings (SSSR count). The first-order chi connectivity index (χ1) is 6.80. The molecule has 1 heterocycles. The van der Waals surface area contributed by atoms with Gasteiger partial charge in [-0.25, -0.2) is 0 Å². The Morgan fingerprint density at radius 2 is 2.21 bits per heavy atom. The van der Waals surface area contributed by atoms with Crippen molar-refractivity contribution in [1.82, 2.24) is 9.78 Å². The van der Waals surface area contributed by atoms with Crippen LogP contribution in [0.2, 0.25) is 0 Å². The van der Waals surface area contributed by atoms with Gasteiger partial charge in [-0.05, 0) is 12.0 Å². The van der Waals surface area contributed by atoms with Crippen LogP contribution in [-0.2, 0) is 13.0 Å². The summed E-state index contributed by atoms with van der Waals surface area (Å²) in [7, 11) is 0. The Hall–Kier alpha value is -1.81. The molecule has 0 saturated heterocycles. The smallest absolute Gasteiger partial charge is 0.137 e. The summed E-state index contributed by atoms with van der Waals surface area (Å²) in [5.74, 6) is -0.561. The molecule has 0 fully saturated rings. The molecular weight excluding hydrogens is 176 g/mol. The Morgan fingerprint density at radius 3 is 2.79 bits per heavy atom. The summed E-state index contributed by atoms with van der Waals surface area (Å²) in [6.45, 7) is 2.96. The fourth-order valence-electron chi connectivity index (χ4n) is 1.22. The quantitative estimate of drug-likeness (QED) is 0.719. The Kier molecular flexibility index (Phi) is 3.69. The molecule has 0 aromatic carbocycles. The number of hydrogen-bond donors (Lipinski definition) is 0. The second kappa shape index (κ2) is 5.04. The van der Waals surface area contributed by atoms with Crippen LogP contribution in [0.3, 0.4) is 0 Å². The van der Waals surface area contributed by atoms with Crippen LogP contribution in [0.4, 0.5) is 0 Å². The van der Waals surface area contributed by atoms with Crippen LogP contribution < -0.4 is 0 Å². The molecule has 0 N–H and O–H groups in total. The fourth-order valence-corrected chi connectivity index (χ4v) is 1.22. The largest absolute Gasteiger partial charge is 0.272 e. The highest BCUT2D eigenvalue weighted by Gasteiger charge is 2.08. The molecule has 0 aliphatic heterocycles. The molecule has 0 atom stereocenters. The maximum Gasteiger partial charge on any atom is 0.137 e. The lowest BCUT2D eigenvalue weighted by Crippen LogP contribution is -1.98. The number of hydrogen-bond acceptors (Lipinski definition) is 3. The summed E-state index contributed by atoms with van der Waals surface area (Å²) in [4.78, 5) is 0. The van der Waals surface area contributed by atoms with Crippen LogP contribution in [0.5, 0.6) is 0 Å². The molecule has 1 aromatic heterocycles. The van der Waals surface area contributed by atoms with Crippen molar-refractivity contribution in [2.24, 2.45) is 5.92 Å².